The van der Waals surface area contributed by atoms with Crippen LogP contribution in [0.3, 0.4) is 0 Å². The number of carboxylic acid groups (broad SMARTS) is 1. The van der Waals surface area contributed by atoms with Crippen molar-refractivity contribution in [2.45, 2.75) is 33.2 Å². The Labute approximate surface area is 143 Å². The van der Waals surface area contributed by atoms with E-state index in [-0.39, 0.29) is 23.5 Å². The van der Waals surface area contributed by atoms with Crippen LogP contribution < -0.4 is 5.32 Å². The summed E-state index contributed by atoms with van der Waals surface area (Å²) in [6.07, 6.45) is 1.15. The minimum atomic E-state index is -1.15. The van der Waals surface area contributed by atoms with Gasteiger partial charge in [0.1, 0.15) is 23.0 Å². The fourth-order valence-electron chi connectivity index (χ4n) is 2.51. The van der Waals surface area contributed by atoms with Gasteiger partial charge in [0.25, 0.3) is 0 Å². The Bertz CT molecular complexity index is 803. The first-order chi connectivity index (χ1) is 11.9. The molecule has 0 aliphatic rings. The standard InChI is InChI=1S/C17H19F2N3O3/c1-3-7-22-16(15(17(24)25)13(4-2)21-22)20-9-14(23)11-6-5-10(18)8-12(11)19/h5-6,8,20H,3-4,7,9H2,1-2H3,(H,24,25). The molecule has 0 saturated heterocycles. The molecule has 0 unspecified atom stereocenters. The quantitative estimate of drug-likeness (QED) is 0.714. The maximum absolute atomic E-state index is 13.7. The first-order valence-electron chi connectivity index (χ1n) is 7.94. The Hall–Kier alpha value is -2.77. The smallest absolute Gasteiger partial charge is 0.341 e. The number of benzene rings is 1. The lowest BCUT2D eigenvalue weighted by Crippen LogP contribution is -2.19. The van der Waals surface area contributed by atoms with Crippen molar-refractivity contribution in [3.05, 3.63) is 46.7 Å². The zero-order chi connectivity index (χ0) is 18.6. The van der Waals surface area contributed by atoms with Crippen LogP contribution in [-0.4, -0.2) is 33.2 Å². The number of halogens is 2. The lowest BCUT2D eigenvalue weighted by molar-refractivity contribution is 0.0696. The second kappa shape index (κ2) is 7.87. The predicted octanol–water partition coefficient (Wildman–Crippen LogP) is 3.13. The SMILES string of the molecule is CCCn1nc(CC)c(C(=O)O)c1NCC(=O)c1ccc(F)cc1F. The van der Waals surface area contributed by atoms with E-state index in [1.54, 1.807) is 6.92 Å². The first kappa shape index (κ1) is 18.6. The van der Waals surface area contributed by atoms with Gasteiger partial charge < -0.3 is 10.4 Å². The van der Waals surface area contributed by atoms with Gasteiger partial charge in [-0.25, -0.2) is 18.3 Å². The molecule has 0 radical (unpaired) electrons. The molecule has 6 nitrogen and oxygen atoms in total. The third kappa shape index (κ3) is 4.01. The first-order valence-corrected chi connectivity index (χ1v) is 7.94. The largest absolute Gasteiger partial charge is 0.477 e. The van der Waals surface area contributed by atoms with Gasteiger partial charge in [-0.05, 0) is 25.0 Å². The summed E-state index contributed by atoms with van der Waals surface area (Å²) in [5, 5.41) is 16.4. The third-order valence-electron chi connectivity index (χ3n) is 3.66. The van der Waals surface area contributed by atoms with Crippen molar-refractivity contribution in [2.24, 2.45) is 0 Å². The summed E-state index contributed by atoms with van der Waals surface area (Å²) in [7, 11) is 0. The Balaban J connectivity index is 2.28. The molecule has 2 N–H and O–H groups in total. The number of aromatic nitrogens is 2. The summed E-state index contributed by atoms with van der Waals surface area (Å²) >= 11 is 0. The zero-order valence-electron chi connectivity index (χ0n) is 14.0. The molecule has 0 saturated carbocycles. The molecular formula is C17H19F2N3O3. The van der Waals surface area contributed by atoms with Crippen LogP contribution in [0, 0.1) is 11.6 Å². The molecule has 8 heteroatoms. The van der Waals surface area contributed by atoms with E-state index in [1.165, 1.54) is 4.68 Å². The van der Waals surface area contributed by atoms with E-state index in [1.807, 2.05) is 6.92 Å². The molecule has 1 aromatic heterocycles. The summed E-state index contributed by atoms with van der Waals surface area (Å²) in [5.74, 6) is -3.29. The monoisotopic (exact) mass is 351 g/mol. The van der Waals surface area contributed by atoms with Crippen molar-refractivity contribution in [2.75, 3.05) is 11.9 Å². The summed E-state index contributed by atoms with van der Waals surface area (Å²) in [5.41, 5.74) is 0.148. The highest BCUT2D eigenvalue weighted by Crippen LogP contribution is 2.22. The number of anilines is 1. The molecule has 0 aliphatic heterocycles. The van der Waals surface area contributed by atoms with Crippen LogP contribution >= 0.6 is 0 Å². The fourth-order valence-corrected chi connectivity index (χ4v) is 2.51. The average molecular weight is 351 g/mol. The lowest BCUT2D eigenvalue weighted by atomic mass is 10.1. The molecule has 0 amide bonds. The number of carboxylic acids is 1. The Morgan fingerprint density at radius 2 is 2.00 bits per heavy atom. The highest BCUT2D eigenvalue weighted by atomic mass is 19.1. The molecule has 1 aromatic carbocycles. The third-order valence-corrected chi connectivity index (χ3v) is 3.66. The molecule has 0 fully saturated rings. The number of carbonyl (C=O) groups excluding carboxylic acids is 1. The summed E-state index contributed by atoms with van der Waals surface area (Å²) in [6.45, 7) is 3.84. The Morgan fingerprint density at radius 1 is 1.28 bits per heavy atom. The van der Waals surface area contributed by atoms with Crippen LogP contribution in [0.25, 0.3) is 0 Å². The van der Waals surface area contributed by atoms with Crippen molar-refractivity contribution in [3.63, 3.8) is 0 Å². The van der Waals surface area contributed by atoms with Gasteiger partial charge in [-0.2, -0.15) is 5.10 Å². The molecule has 0 bridgehead atoms. The van der Waals surface area contributed by atoms with E-state index < -0.39 is 23.4 Å². The van der Waals surface area contributed by atoms with Crippen LogP contribution in [0.2, 0.25) is 0 Å². The molecule has 2 aromatic rings. The van der Waals surface area contributed by atoms with E-state index in [4.69, 9.17) is 0 Å². The molecule has 0 atom stereocenters. The number of rotatable bonds is 8. The molecule has 0 aliphatic carbocycles. The van der Waals surface area contributed by atoms with Crippen LogP contribution in [0.15, 0.2) is 18.2 Å². The molecule has 134 valence electrons. The lowest BCUT2D eigenvalue weighted by Gasteiger charge is -2.10. The number of aryl methyl sites for hydroxylation is 2. The van der Waals surface area contributed by atoms with Crippen molar-refractivity contribution < 1.29 is 23.5 Å². The highest BCUT2D eigenvalue weighted by Gasteiger charge is 2.23. The van der Waals surface area contributed by atoms with Gasteiger partial charge in [0.15, 0.2) is 5.78 Å². The minimum absolute atomic E-state index is 0.00308. The highest BCUT2D eigenvalue weighted by molar-refractivity contribution is 6.00. The molecular weight excluding hydrogens is 332 g/mol. The van der Waals surface area contributed by atoms with Gasteiger partial charge in [-0.3, -0.25) is 4.79 Å². The van der Waals surface area contributed by atoms with Crippen molar-refractivity contribution in [1.29, 1.82) is 0 Å². The molecule has 0 spiro atoms. The number of hydrogen-bond acceptors (Lipinski definition) is 4. The maximum Gasteiger partial charge on any atom is 0.341 e. The minimum Gasteiger partial charge on any atom is -0.477 e. The maximum atomic E-state index is 13.7. The molecule has 25 heavy (non-hydrogen) atoms. The van der Waals surface area contributed by atoms with Crippen LogP contribution in [0.5, 0.6) is 0 Å². The number of nitrogens with zero attached hydrogens (tertiary/aromatic N) is 2. The second-order valence-corrected chi connectivity index (χ2v) is 5.45. The summed E-state index contributed by atoms with van der Waals surface area (Å²) in [4.78, 5) is 23.7. The van der Waals surface area contributed by atoms with E-state index in [0.29, 0.717) is 24.7 Å². The van der Waals surface area contributed by atoms with Gasteiger partial charge in [0.2, 0.25) is 0 Å². The van der Waals surface area contributed by atoms with Crippen LogP contribution in [0.4, 0.5) is 14.6 Å². The number of Topliss-reactive ketones (excluding diaryl/α,β-unsaturated/α-hetero) is 1. The number of carbonyl (C=O) groups is 2. The summed E-state index contributed by atoms with van der Waals surface area (Å²) in [6, 6.07) is 2.69. The number of hydrogen-bond donors (Lipinski definition) is 2. The van der Waals surface area contributed by atoms with Crippen LogP contribution in [0.1, 0.15) is 46.7 Å². The predicted molar refractivity (Wildman–Crippen MR) is 88.0 cm³/mol. The van der Waals surface area contributed by atoms with Gasteiger partial charge in [-0.1, -0.05) is 13.8 Å². The average Bonchev–Trinajstić information content (AvgIpc) is 2.90. The Morgan fingerprint density at radius 3 is 2.56 bits per heavy atom. The normalized spacial score (nSPS) is 10.7. The van der Waals surface area contributed by atoms with Gasteiger partial charge >= 0.3 is 5.97 Å². The van der Waals surface area contributed by atoms with E-state index in [0.717, 1.165) is 18.6 Å². The Kier molecular flexibility index (Phi) is 5.84. The van der Waals surface area contributed by atoms with Crippen molar-refractivity contribution >= 4 is 17.6 Å². The van der Waals surface area contributed by atoms with Crippen molar-refractivity contribution in [1.82, 2.24) is 9.78 Å². The number of ketones is 1. The number of aromatic carboxylic acids is 1. The zero-order valence-corrected chi connectivity index (χ0v) is 14.0. The van der Waals surface area contributed by atoms with Crippen molar-refractivity contribution in [3.8, 4) is 0 Å². The van der Waals surface area contributed by atoms with Gasteiger partial charge in [-0.15, -0.1) is 0 Å². The summed E-state index contributed by atoms with van der Waals surface area (Å²) < 4.78 is 28.1. The van der Waals surface area contributed by atoms with Gasteiger partial charge in [0.05, 0.1) is 17.8 Å². The van der Waals surface area contributed by atoms with E-state index in [2.05, 4.69) is 10.4 Å². The van der Waals surface area contributed by atoms with E-state index in [9.17, 15) is 23.5 Å². The molecule has 1 heterocycles. The number of nitrogens with one attached hydrogen (secondary N) is 1. The topological polar surface area (TPSA) is 84.2 Å². The van der Waals surface area contributed by atoms with E-state index >= 15 is 0 Å². The van der Waals surface area contributed by atoms with Crippen LogP contribution in [-0.2, 0) is 13.0 Å². The second-order valence-electron chi connectivity index (χ2n) is 5.45. The van der Waals surface area contributed by atoms with Gasteiger partial charge in [0, 0.05) is 12.6 Å². The molecule has 2 rings (SSSR count). The fraction of sp³-hybridized carbons (Fsp3) is 0.353.